The molecule has 2 nitrogen and oxygen atoms in total. The Morgan fingerprint density at radius 2 is 1.74 bits per heavy atom. The number of hydrogen-bond acceptors (Lipinski definition) is 2. The van der Waals surface area contributed by atoms with Crippen LogP contribution in [0.2, 0.25) is 0 Å². The van der Waals surface area contributed by atoms with Crippen LogP contribution in [0.4, 0.5) is 8.78 Å². The highest BCUT2D eigenvalue weighted by Crippen LogP contribution is 2.41. The molecule has 1 aliphatic rings. The highest BCUT2D eigenvalue weighted by molar-refractivity contribution is 5.28. The second kappa shape index (κ2) is 5.17. The Bertz CT molecular complexity index is 475. The summed E-state index contributed by atoms with van der Waals surface area (Å²) in [5, 5.41) is 10.4. The lowest BCUT2D eigenvalue weighted by atomic mass is 9.82. The first-order valence-electron chi connectivity index (χ1n) is 6.62. The van der Waals surface area contributed by atoms with E-state index in [9.17, 15) is 13.9 Å². The van der Waals surface area contributed by atoms with Crippen LogP contribution in [0, 0.1) is 30.4 Å². The predicted molar refractivity (Wildman–Crippen MR) is 68.7 cm³/mol. The maximum absolute atomic E-state index is 13.9. The first-order chi connectivity index (χ1) is 8.84. The monoisotopic (exact) mass is 270 g/mol. The molecule has 5 atom stereocenters. The summed E-state index contributed by atoms with van der Waals surface area (Å²) >= 11 is 0. The van der Waals surface area contributed by atoms with E-state index in [1.807, 2.05) is 20.8 Å². The van der Waals surface area contributed by atoms with E-state index in [1.165, 1.54) is 19.1 Å². The fourth-order valence-electron chi connectivity index (χ4n) is 2.93. The molecule has 19 heavy (non-hydrogen) atoms. The highest BCUT2D eigenvalue weighted by atomic mass is 19.2. The molecule has 1 aromatic rings. The topological polar surface area (TPSA) is 29.5 Å². The van der Waals surface area contributed by atoms with Crippen molar-refractivity contribution in [1.82, 2.24) is 0 Å². The average Bonchev–Trinajstić information content (AvgIpc) is 2.60. The van der Waals surface area contributed by atoms with Gasteiger partial charge in [-0.2, -0.15) is 0 Å². The van der Waals surface area contributed by atoms with Crippen LogP contribution in [-0.4, -0.2) is 17.3 Å². The largest absolute Gasteiger partial charge is 0.388 e. The van der Waals surface area contributed by atoms with E-state index < -0.39 is 17.7 Å². The molecule has 0 radical (unpaired) electrons. The van der Waals surface area contributed by atoms with Crippen LogP contribution in [0.15, 0.2) is 12.1 Å². The summed E-state index contributed by atoms with van der Waals surface area (Å²) in [6.07, 6.45) is -1.22. The van der Waals surface area contributed by atoms with Crippen molar-refractivity contribution in [3.63, 3.8) is 0 Å². The molecule has 1 fully saturated rings. The Morgan fingerprint density at radius 1 is 1.11 bits per heavy atom. The lowest BCUT2D eigenvalue weighted by Gasteiger charge is -2.25. The fraction of sp³-hybridized carbons (Fsp3) is 0.600. The van der Waals surface area contributed by atoms with Crippen LogP contribution in [-0.2, 0) is 4.74 Å². The maximum Gasteiger partial charge on any atom is 0.164 e. The summed E-state index contributed by atoms with van der Waals surface area (Å²) in [6.45, 7) is 7.25. The molecule has 1 heterocycles. The molecule has 2 rings (SSSR count). The first-order valence-corrected chi connectivity index (χ1v) is 6.62. The Hall–Kier alpha value is -1.00. The van der Waals surface area contributed by atoms with E-state index in [4.69, 9.17) is 4.74 Å². The standard InChI is InChI=1S/C15H20F2O2/c1-7-5-6-11(14(17)13(7)16)15(18)12-8(2)9(3)19-10(12)4/h5-6,8-10,12,15,18H,1-4H3. The van der Waals surface area contributed by atoms with E-state index in [0.29, 0.717) is 0 Å². The van der Waals surface area contributed by atoms with Gasteiger partial charge in [0.1, 0.15) is 0 Å². The number of aliphatic hydroxyl groups is 1. The Labute approximate surface area is 112 Å². The third-order valence-electron chi connectivity index (χ3n) is 4.31. The summed E-state index contributed by atoms with van der Waals surface area (Å²) in [5.41, 5.74) is 0.259. The summed E-state index contributed by atoms with van der Waals surface area (Å²) in [5.74, 6) is -1.98. The van der Waals surface area contributed by atoms with Gasteiger partial charge in [-0.1, -0.05) is 19.1 Å². The number of aliphatic hydroxyl groups excluding tert-OH is 1. The zero-order chi connectivity index (χ0) is 14.3. The zero-order valence-electron chi connectivity index (χ0n) is 11.7. The third kappa shape index (κ3) is 2.39. The fourth-order valence-corrected chi connectivity index (χ4v) is 2.93. The quantitative estimate of drug-likeness (QED) is 0.893. The van der Waals surface area contributed by atoms with Gasteiger partial charge in [-0.15, -0.1) is 0 Å². The van der Waals surface area contributed by atoms with Crippen LogP contribution in [0.5, 0.6) is 0 Å². The number of aryl methyl sites for hydroxylation is 1. The molecule has 1 saturated heterocycles. The molecular formula is C15H20F2O2. The molecule has 1 aromatic carbocycles. The molecular weight excluding hydrogens is 250 g/mol. The van der Waals surface area contributed by atoms with Gasteiger partial charge in [0, 0.05) is 11.5 Å². The summed E-state index contributed by atoms with van der Waals surface area (Å²) in [6, 6.07) is 2.95. The van der Waals surface area contributed by atoms with Crippen LogP contribution >= 0.6 is 0 Å². The van der Waals surface area contributed by atoms with Gasteiger partial charge >= 0.3 is 0 Å². The number of rotatable bonds is 2. The summed E-state index contributed by atoms with van der Waals surface area (Å²) in [7, 11) is 0. The van der Waals surface area contributed by atoms with Crippen molar-refractivity contribution in [3.05, 3.63) is 34.9 Å². The van der Waals surface area contributed by atoms with E-state index in [0.717, 1.165) is 0 Å². The minimum absolute atomic E-state index is 0.00741. The highest BCUT2D eigenvalue weighted by Gasteiger charge is 2.42. The Morgan fingerprint density at radius 3 is 2.26 bits per heavy atom. The molecule has 106 valence electrons. The van der Waals surface area contributed by atoms with E-state index in [1.54, 1.807) is 0 Å². The molecule has 4 heteroatoms. The van der Waals surface area contributed by atoms with Crippen LogP contribution in [0.25, 0.3) is 0 Å². The van der Waals surface area contributed by atoms with Crippen molar-refractivity contribution in [2.24, 2.45) is 11.8 Å². The van der Waals surface area contributed by atoms with Crippen molar-refractivity contribution in [2.45, 2.75) is 46.0 Å². The minimum atomic E-state index is -1.05. The van der Waals surface area contributed by atoms with E-state index in [2.05, 4.69) is 0 Å². The number of halogens is 2. The molecule has 5 unspecified atom stereocenters. The van der Waals surface area contributed by atoms with Gasteiger partial charge in [-0.3, -0.25) is 0 Å². The van der Waals surface area contributed by atoms with E-state index in [-0.39, 0.29) is 35.2 Å². The SMILES string of the molecule is Cc1ccc(C(O)C2C(C)OC(C)C2C)c(F)c1F. The van der Waals surface area contributed by atoms with Crippen LogP contribution in [0.1, 0.15) is 38.0 Å². The van der Waals surface area contributed by atoms with Crippen molar-refractivity contribution in [3.8, 4) is 0 Å². The lowest BCUT2D eigenvalue weighted by molar-refractivity contribution is 0.0218. The van der Waals surface area contributed by atoms with Gasteiger partial charge in [-0.25, -0.2) is 8.78 Å². The summed E-state index contributed by atoms with van der Waals surface area (Å²) < 4.78 is 33.2. The van der Waals surface area contributed by atoms with Crippen molar-refractivity contribution in [2.75, 3.05) is 0 Å². The maximum atomic E-state index is 13.9. The molecule has 0 spiro atoms. The number of ether oxygens (including phenoxy) is 1. The average molecular weight is 270 g/mol. The van der Waals surface area contributed by atoms with Gasteiger partial charge in [-0.05, 0) is 32.3 Å². The molecule has 0 saturated carbocycles. The van der Waals surface area contributed by atoms with Gasteiger partial charge in [0.25, 0.3) is 0 Å². The molecule has 0 aromatic heterocycles. The Balaban J connectivity index is 2.35. The minimum Gasteiger partial charge on any atom is -0.388 e. The second-order valence-electron chi connectivity index (χ2n) is 5.53. The molecule has 1 N–H and O–H groups in total. The van der Waals surface area contributed by atoms with Crippen LogP contribution in [0.3, 0.4) is 0 Å². The van der Waals surface area contributed by atoms with Crippen molar-refractivity contribution >= 4 is 0 Å². The van der Waals surface area contributed by atoms with E-state index >= 15 is 0 Å². The smallest absolute Gasteiger partial charge is 0.164 e. The molecule has 0 aliphatic carbocycles. The predicted octanol–water partition coefficient (Wildman–Crippen LogP) is 3.37. The Kier molecular flexibility index (Phi) is 3.92. The molecule has 0 amide bonds. The number of hydrogen-bond donors (Lipinski definition) is 1. The van der Waals surface area contributed by atoms with Gasteiger partial charge in [0.15, 0.2) is 11.6 Å². The van der Waals surface area contributed by atoms with Crippen LogP contribution < -0.4 is 0 Å². The number of benzene rings is 1. The lowest BCUT2D eigenvalue weighted by Crippen LogP contribution is -2.26. The van der Waals surface area contributed by atoms with Gasteiger partial charge < -0.3 is 9.84 Å². The normalized spacial score (nSPS) is 32.6. The van der Waals surface area contributed by atoms with Gasteiger partial charge in [0.05, 0.1) is 18.3 Å². The first kappa shape index (κ1) is 14.4. The molecule has 0 bridgehead atoms. The van der Waals surface area contributed by atoms with Crippen molar-refractivity contribution in [1.29, 1.82) is 0 Å². The second-order valence-corrected chi connectivity index (χ2v) is 5.53. The van der Waals surface area contributed by atoms with Gasteiger partial charge in [0.2, 0.25) is 0 Å². The summed E-state index contributed by atoms with van der Waals surface area (Å²) in [4.78, 5) is 0. The zero-order valence-corrected chi connectivity index (χ0v) is 11.7. The third-order valence-corrected chi connectivity index (χ3v) is 4.31. The molecule has 1 aliphatic heterocycles. The van der Waals surface area contributed by atoms with Crippen molar-refractivity contribution < 1.29 is 18.6 Å².